The SMILES string of the molecule is Cc1nn(C)c2sc(C(=O)NCC(C)C(C)(C)C)c(N)c12. The molecule has 0 bridgehead atoms. The van der Waals surface area contributed by atoms with Crippen molar-refractivity contribution in [3.05, 3.63) is 10.6 Å². The van der Waals surface area contributed by atoms with Gasteiger partial charge in [-0.15, -0.1) is 11.3 Å². The van der Waals surface area contributed by atoms with Gasteiger partial charge in [-0.25, -0.2) is 0 Å². The van der Waals surface area contributed by atoms with Crippen LogP contribution in [0, 0.1) is 18.3 Å². The number of nitrogens with one attached hydrogen (secondary N) is 1. The molecule has 2 heterocycles. The molecular weight excluding hydrogens is 284 g/mol. The van der Waals surface area contributed by atoms with Gasteiger partial charge >= 0.3 is 0 Å². The van der Waals surface area contributed by atoms with E-state index in [0.29, 0.717) is 23.0 Å². The highest BCUT2D eigenvalue weighted by atomic mass is 32.1. The van der Waals surface area contributed by atoms with Crippen molar-refractivity contribution in [1.82, 2.24) is 15.1 Å². The van der Waals surface area contributed by atoms with Crippen molar-refractivity contribution in [2.75, 3.05) is 12.3 Å². The molecule has 0 spiro atoms. The molecule has 1 atom stereocenters. The van der Waals surface area contributed by atoms with Crippen molar-refractivity contribution in [3.63, 3.8) is 0 Å². The molecule has 0 aliphatic rings. The second kappa shape index (κ2) is 5.33. The maximum atomic E-state index is 12.4. The number of fused-ring (bicyclic) bond motifs is 1. The fourth-order valence-corrected chi connectivity index (χ4v) is 3.23. The van der Waals surface area contributed by atoms with Crippen molar-refractivity contribution in [2.24, 2.45) is 18.4 Å². The van der Waals surface area contributed by atoms with Gasteiger partial charge < -0.3 is 11.1 Å². The van der Waals surface area contributed by atoms with E-state index >= 15 is 0 Å². The van der Waals surface area contributed by atoms with Crippen LogP contribution < -0.4 is 11.1 Å². The van der Waals surface area contributed by atoms with E-state index in [4.69, 9.17) is 5.73 Å². The van der Waals surface area contributed by atoms with E-state index in [1.165, 1.54) is 11.3 Å². The number of nitrogens with two attached hydrogens (primary N) is 1. The Morgan fingerprint density at radius 3 is 2.62 bits per heavy atom. The number of anilines is 1. The number of carbonyl (C=O) groups excluding carboxylic acids is 1. The van der Waals surface area contributed by atoms with E-state index in [1.54, 1.807) is 4.68 Å². The molecule has 1 amide bonds. The summed E-state index contributed by atoms with van der Waals surface area (Å²) in [4.78, 5) is 13.9. The normalized spacial score (nSPS) is 13.6. The van der Waals surface area contributed by atoms with E-state index in [-0.39, 0.29) is 11.3 Å². The molecule has 0 saturated carbocycles. The molecule has 2 rings (SSSR count). The highest BCUT2D eigenvalue weighted by Crippen LogP contribution is 2.35. The summed E-state index contributed by atoms with van der Waals surface area (Å²) in [5.74, 6) is 0.296. The number of aromatic nitrogens is 2. The molecule has 2 aromatic heterocycles. The number of hydrogen-bond donors (Lipinski definition) is 2. The largest absolute Gasteiger partial charge is 0.397 e. The first-order chi connectivity index (χ1) is 9.62. The average Bonchev–Trinajstić information content (AvgIpc) is 2.85. The fourth-order valence-electron chi connectivity index (χ4n) is 2.13. The Bertz CT molecular complexity index is 678. The minimum Gasteiger partial charge on any atom is -0.397 e. The van der Waals surface area contributed by atoms with Crippen LogP contribution in [-0.2, 0) is 7.05 Å². The molecule has 0 aliphatic heterocycles. The molecular formula is C15H24N4OS. The van der Waals surface area contributed by atoms with E-state index in [1.807, 2.05) is 14.0 Å². The highest BCUT2D eigenvalue weighted by Gasteiger charge is 2.23. The number of nitrogen functional groups attached to an aromatic ring is 1. The smallest absolute Gasteiger partial charge is 0.263 e. The summed E-state index contributed by atoms with van der Waals surface area (Å²) in [7, 11) is 1.87. The first-order valence-electron chi connectivity index (χ1n) is 7.12. The predicted molar refractivity (Wildman–Crippen MR) is 88.7 cm³/mol. The number of nitrogens with zero attached hydrogens (tertiary/aromatic N) is 2. The quantitative estimate of drug-likeness (QED) is 0.915. The zero-order chi connectivity index (χ0) is 15.9. The van der Waals surface area contributed by atoms with E-state index in [2.05, 4.69) is 38.1 Å². The second-order valence-corrected chi connectivity index (χ2v) is 7.71. The summed E-state index contributed by atoms with van der Waals surface area (Å²) in [6.45, 7) is 11.2. The average molecular weight is 308 g/mol. The molecule has 1 unspecified atom stereocenters. The maximum absolute atomic E-state index is 12.4. The van der Waals surface area contributed by atoms with Crippen LogP contribution in [0.2, 0.25) is 0 Å². The minimum absolute atomic E-state index is 0.0933. The van der Waals surface area contributed by atoms with Gasteiger partial charge in [0, 0.05) is 13.6 Å². The molecule has 0 aliphatic carbocycles. The topological polar surface area (TPSA) is 72.9 Å². The summed E-state index contributed by atoms with van der Waals surface area (Å²) in [5.41, 5.74) is 7.72. The zero-order valence-corrected chi connectivity index (χ0v) is 14.4. The van der Waals surface area contributed by atoms with Gasteiger partial charge in [0.15, 0.2) is 0 Å². The van der Waals surface area contributed by atoms with Gasteiger partial charge in [0.1, 0.15) is 9.71 Å². The lowest BCUT2D eigenvalue weighted by Crippen LogP contribution is -2.33. The van der Waals surface area contributed by atoms with Crippen LogP contribution in [0.4, 0.5) is 5.69 Å². The van der Waals surface area contributed by atoms with Crippen LogP contribution in [0.5, 0.6) is 0 Å². The van der Waals surface area contributed by atoms with Gasteiger partial charge in [0.25, 0.3) is 5.91 Å². The van der Waals surface area contributed by atoms with Gasteiger partial charge in [-0.3, -0.25) is 9.48 Å². The molecule has 3 N–H and O–H groups in total. The lowest BCUT2D eigenvalue weighted by atomic mass is 9.82. The lowest BCUT2D eigenvalue weighted by Gasteiger charge is -2.27. The van der Waals surface area contributed by atoms with Crippen molar-refractivity contribution in [1.29, 1.82) is 0 Å². The third kappa shape index (κ3) is 2.90. The molecule has 5 nitrogen and oxygen atoms in total. The molecule has 2 aromatic rings. The van der Waals surface area contributed by atoms with Crippen molar-refractivity contribution >= 4 is 33.1 Å². The fraction of sp³-hybridized carbons (Fsp3) is 0.600. The van der Waals surface area contributed by atoms with Crippen LogP contribution in [0.1, 0.15) is 43.1 Å². The molecule has 0 fully saturated rings. The Hall–Kier alpha value is -1.56. The van der Waals surface area contributed by atoms with Crippen LogP contribution >= 0.6 is 11.3 Å². The Balaban J connectivity index is 2.21. The summed E-state index contributed by atoms with van der Waals surface area (Å²) in [6, 6.07) is 0. The van der Waals surface area contributed by atoms with Crippen molar-refractivity contribution in [2.45, 2.75) is 34.6 Å². The molecule has 6 heteroatoms. The summed E-state index contributed by atoms with van der Waals surface area (Å²) in [6.07, 6.45) is 0. The number of thiophene rings is 1. The lowest BCUT2D eigenvalue weighted by molar-refractivity contribution is 0.0942. The summed E-state index contributed by atoms with van der Waals surface area (Å²) >= 11 is 1.40. The Kier molecular flexibility index (Phi) is 4.02. The van der Waals surface area contributed by atoms with Gasteiger partial charge in [-0.1, -0.05) is 27.7 Å². The third-order valence-electron chi connectivity index (χ3n) is 4.14. The van der Waals surface area contributed by atoms with Gasteiger partial charge in [0.2, 0.25) is 0 Å². The molecule has 0 aromatic carbocycles. The van der Waals surface area contributed by atoms with E-state index in [9.17, 15) is 4.79 Å². The van der Waals surface area contributed by atoms with Crippen LogP contribution in [0.15, 0.2) is 0 Å². The summed E-state index contributed by atoms with van der Waals surface area (Å²) < 4.78 is 1.78. The summed E-state index contributed by atoms with van der Waals surface area (Å²) in [5, 5.41) is 8.23. The molecule has 116 valence electrons. The third-order valence-corrected chi connectivity index (χ3v) is 5.41. The van der Waals surface area contributed by atoms with Crippen LogP contribution in [0.3, 0.4) is 0 Å². The number of aryl methyl sites for hydroxylation is 2. The van der Waals surface area contributed by atoms with Crippen LogP contribution in [0.25, 0.3) is 10.2 Å². The minimum atomic E-state index is -0.0933. The Morgan fingerprint density at radius 1 is 1.48 bits per heavy atom. The second-order valence-electron chi connectivity index (χ2n) is 6.71. The Morgan fingerprint density at radius 2 is 2.10 bits per heavy atom. The first-order valence-corrected chi connectivity index (χ1v) is 7.94. The standard InChI is InChI=1S/C15H24N4OS/c1-8(15(3,4)5)7-17-13(20)12-11(16)10-9(2)18-19(6)14(10)21-12/h8H,7,16H2,1-6H3,(H,17,20). The van der Waals surface area contributed by atoms with Gasteiger partial charge in [-0.05, 0) is 18.3 Å². The highest BCUT2D eigenvalue weighted by molar-refractivity contribution is 7.21. The Labute approximate surface area is 129 Å². The zero-order valence-electron chi connectivity index (χ0n) is 13.6. The number of carbonyl (C=O) groups is 1. The van der Waals surface area contributed by atoms with E-state index < -0.39 is 0 Å². The van der Waals surface area contributed by atoms with Gasteiger partial charge in [0.05, 0.1) is 16.8 Å². The number of rotatable bonds is 3. The predicted octanol–water partition coefficient (Wildman–Crippen LogP) is 2.94. The van der Waals surface area contributed by atoms with Crippen molar-refractivity contribution < 1.29 is 4.79 Å². The number of amides is 1. The van der Waals surface area contributed by atoms with Gasteiger partial charge in [-0.2, -0.15) is 5.10 Å². The van der Waals surface area contributed by atoms with E-state index in [0.717, 1.165) is 15.9 Å². The first kappa shape index (κ1) is 15.8. The molecule has 0 saturated heterocycles. The maximum Gasteiger partial charge on any atom is 0.263 e. The molecule has 0 radical (unpaired) electrons. The van der Waals surface area contributed by atoms with Crippen LogP contribution in [-0.4, -0.2) is 22.2 Å². The monoisotopic (exact) mass is 308 g/mol. The number of hydrogen-bond acceptors (Lipinski definition) is 4. The van der Waals surface area contributed by atoms with Crippen molar-refractivity contribution in [3.8, 4) is 0 Å². The molecule has 21 heavy (non-hydrogen) atoms.